The third-order valence-electron chi connectivity index (χ3n) is 2.68. The molecule has 1 atom stereocenters. The number of nitrogens with zero attached hydrogens (tertiary/aromatic N) is 1. The molecule has 2 rings (SSSR count). The summed E-state index contributed by atoms with van der Waals surface area (Å²) in [6.07, 6.45) is 0.942. The van der Waals surface area contributed by atoms with Gasteiger partial charge in [0.1, 0.15) is 0 Å². The molecule has 0 saturated heterocycles. The van der Waals surface area contributed by atoms with E-state index in [2.05, 4.69) is 4.98 Å². The van der Waals surface area contributed by atoms with Gasteiger partial charge in [0.05, 0.1) is 17.4 Å². The van der Waals surface area contributed by atoms with Gasteiger partial charge in [0.25, 0.3) is 0 Å². The first kappa shape index (κ1) is 12.3. The van der Waals surface area contributed by atoms with Crippen LogP contribution in [0.5, 0.6) is 0 Å². The van der Waals surface area contributed by atoms with Crippen LogP contribution < -0.4 is 0 Å². The SMILES string of the molecule is CC(O)c1ccc(-c2ccccc2C(=O)O)cn1. The van der Waals surface area contributed by atoms with Gasteiger partial charge in [0.15, 0.2) is 0 Å². The zero-order valence-corrected chi connectivity index (χ0v) is 9.87. The molecule has 1 heterocycles. The Labute approximate surface area is 105 Å². The Morgan fingerprint density at radius 3 is 2.50 bits per heavy atom. The molecule has 0 fully saturated rings. The number of carbonyl (C=O) groups is 1. The van der Waals surface area contributed by atoms with Crippen molar-refractivity contribution in [3.8, 4) is 11.1 Å². The summed E-state index contributed by atoms with van der Waals surface area (Å²) < 4.78 is 0. The molecule has 0 aliphatic heterocycles. The molecule has 1 unspecified atom stereocenters. The second-order valence-electron chi connectivity index (χ2n) is 4.00. The van der Waals surface area contributed by atoms with Crippen LogP contribution in [0.2, 0.25) is 0 Å². The Kier molecular flexibility index (Phi) is 3.39. The Balaban J connectivity index is 2.46. The van der Waals surface area contributed by atoms with Gasteiger partial charge in [-0.05, 0) is 24.6 Å². The lowest BCUT2D eigenvalue weighted by atomic mass is 10.0. The average molecular weight is 243 g/mol. The molecule has 1 aromatic carbocycles. The number of aliphatic hydroxyl groups is 1. The van der Waals surface area contributed by atoms with E-state index in [0.29, 0.717) is 11.3 Å². The van der Waals surface area contributed by atoms with Crippen LogP contribution in [0, 0.1) is 0 Å². The highest BCUT2D eigenvalue weighted by Crippen LogP contribution is 2.24. The predicted octanol–water partition coefficient (Wildman–Crippen LogP) is 2.50. The van der Waals surface area contributed by atoms with Crippen molar-refractivity contribution in [3.63, 3.8) is 0 Å². The summed E-state index contributed by atoms with van der Waals surface area (Å²) in [7, 11) is 0. The Morgan fingerprint density at radius 2 is 1.94 bits per heavy atom. The fourth-order valence-electron chi connectivity index (χ4n) is 1.73. The lowest BCUT2D eigenvalue weighted by Gasteiger charge is -2.07. The van der Waals surface area contributed by atoms with Crippen LogP contribution >= 0.6 is 0 Å². The molecular weight excluding hydrogens is 230 g/mol. The first-order valence-corrected chi connectivity index (χ1v) is 5.56. The largest absolute Gasteiger partial charge is 0.478 e. The van der Waals surface area contributed by atoms with E-state index in [1.54, 1.807) is 49.5 Å². The van der Waals surface area contributed by atoms with Crippen LogP contribution in [0.25, 0.3) is 11.1 Å². The molecular formula is C14H13NO3. The molecule has 0 bridgehead atoms. The number of carboxylic acids is 1. The van der Waals surface area contributed by atoms with Crippen LogP contribution in [0.4, 0.5) is 0 Å². The first-order valence-electron chi connectivity index (χ1n) is 5.56. The van der Waals surface area contributed by atoms with Crippen LogP contribution in [-0.4, -0.2) is 21.2 Å². The maximum absolute atomic E-state index is 11.1. The second-order valence-corrected chi connectivity index (χ2v) is 4.00. The van der Waals surface area contributed by atoms with Crippen molar-refractivity contribution in [2.75, 3.05) is 0 Å². The van der Waals surface area contributed by atoms with Crippen molar-refractivity contribution in [2.45, 2.75) is 13.0 Å². The molecule has 0 amide bonds. The van der Waals surface area contributed by atoms with E-state index in [4.69, 9.17) is 5.11 Å². The zero-order chi connectivity index (χ0) is 13.1. The van der Waals surface area contributed by atoms with Crippen molar-refractivity contribution in [3.05, 3.63) is 53.9 Å². The molecule has 0 aliphatic rings. The first-order chi connectivity index (χ1) is 8.59. The third-order valence-corrected chi connectivity index (χ3v) is 2.68. The summed E-state index contributed by atoms with van der Waals surface area (Å²) in [5.74, 6) is -0.967. The highest BCUT2D eigenvalue weighted by molar-refractivity contribution is 5.95. The van der Waals surface area contributed by atoms with Gasteiger partial charge in [0.2, 0.25) is 0 Å². The van der Waals surface area contributed by atoms with Gasteiger partial charge in [-0.25, -0.2) is 4.79 Å². The summed E-state index contributed by atoms with van der Waals surface area (Å²) in [5, 5.41) is 18.5. The van der Waals surface area contributed by atoms with Gasteiger partial charge < -0.3 is 10.2 Å². The lowest BCUT2D eigenvalue weighted by Crippen LogP contribution is -2.00. The average Bonchev–Trinajstić information content (AvgIpc) is 2.39. The van der Waals surface area contributed by atoms with E-state index in [9.17, 15) is 9.90 Å². The number of carboxylic acid groups (broad SMARTS) is 1. The van der Waals surface area contributed by atoms with Crippen LogP contribution in [0.1, 0.15) is 29.1 Å². The number of hydrogen-bond donors (Lipinski definition) is 2. The number of aromatic carboxylic acids is 1. The number of rotatable bonds is 3. The second kappa shape index (κ2) is 4.98. The van der Waals surface area contributed by atoms with E-state index >= 15 is 0 Å². The van der Waals surface area contributed by atoms with Gasteiger partial charge in [0, 0.05) is 11.8 Å². The summed E-state index contributed by atoms with van der Waals surface area (Å²) in [4.78, 5) is 15.2. The standard InChI is InChI=1S/C14H13NO3/c1-9(16)13-7-6-10(8-15-13)11-4-2-3-5-12(11)14(17)18/h2-9,16H,1H3,(H,17,18). The highest BCUT2D eigenvalue weighted by Gasteiger charge is 2.11. The van der Waals surface area contributed by atoms with Crippen molar-refractivity contribution in [2.24, 2.45) is 0 Å². The molecule has 0 aliphatic carbocycles. The van der Waals surface area contributed by atoms with Crippen molar-refractivity contribution in [1.82, 2.24) is 4.98 Å². The van der Waals surface area contributed by atoms with E-state index in [1.165, 1.54) is 0 Å². The molecule has 18 heavy (non-hydrogen) atoms. The summed E-state index contributed by atoms with van der Waals surface area (Å²) >= 11 is 0. The molecule has 0 radical (unpaired) electrons. The van der Waals surface area contributed by atoms with E-state index in [-0.39, 0.29) is 5.56 Å². The third kappa shape index (κ3) is 2.38. The fraction of sp³-hybridized carbons (Fsp3) is 0.143. The number of aromatic nitrogens is 1. The van der Waals surface area contributed by atoms with Gasteiger partial charge >= 0.3 is 5.97 Å². The smallest absolute Gasteiger partial charge is 0.336 e. The molecule has 4 heteroatoms. The van der Waals surface area contributed by atoms with Gasteiger partial charge in [-0.2, -0.15) is 0 Å². The molecule has 0 saturated carbocycles. The van der Waals surface area contributed by atoms with Crippen molar-refractivity contribution in [1.29, 1.82) is 0 Å². The minimum absolute atomic E-state index is 0.240. The van der Waals surface area contributed by atoms with E-state index in [1.807, 2.05) is 0 Å². The van der Waals surface area contributed by atoms with E-state index < -0.39 is 12.1 Å². The fourth-order valence-corrected chi connectivity index (χ4v) is 1.73. The molecule has 0 spiro atoms. The molecule has 4 nitrogen and oxygen atoms in total. The van der Waals surface area contributed by atoms with Crippen LogP contribution in [0.15, 0.2) is 42.6 Å². The van der Waals surface area contributed by atoms with Gasteiger partial charge in [-0.15, -0.1) is 0 Å². The van der Waals surface area contributed by atoms with E-state index in [0.717, 1.165) is 5.56 Å². The van der Waals surface area contributed by atoms with Crippen LogP contribution in [-0.2, 0) is 0 Å². The van der Waals surface area contributed by atoms with Crippen molar-refractivity contribution >= 4 is 5.97 Å². The number of benzene rings is 1. The number of pyridine rings is 1. The zero-order valence-electron chi connectivity index (χ0n) is 9.87. The normalized spacial score (nSPS) is 12.1. The maximum Gasteiger partial charge on any atom is 0.336 e. The van der Waals surface area contributed by atoms with Crippen molar-refractivity contribution < 1.29 is 15.0 Å². The van der Waals surface area contributed by atoms with Gasteiger partial charge in [-0.1, -0.05) is 24.3 Å². The quantitative estimate of drug-likeness (QED) is 0.868. The molecule has 92 valence electrons. The summed E-state index contributed by atoms with van der Waals surface area (Å²) in [6.45, 7) is 1.63. The Morgan fingerprint density at radius 1 is 1.22 bits per heavy atom. The Hall–Kier alpha value is -2.20. The Bertz CT molecular complexity index is 562. The topological polar surface area (TPSA) is 70.4 Å². The monoisotopic (exact) mass is 243 g/mol. The molecule has 2 aromatic rings. The summed E-state index contributed by atoms with van der Waals surface area (Å²) in [6, 6.07) is 10.2. The summed E-state index contributed by atoms with van der Waals surface area (Å²) in [5.41, 5.74) is 2.14. The lowest BCUT2D eigenvalue weighted by molar-refractivity contribution is 0.0697. The van der Waals surface area contributed by atoms with Gasteiger partial charge in [-0.3, -0.25) is 4.98 Å². The maximum atomic E-state index is 11.1. The van der Waals surface area contributed by atoms with Crippen LogP contribution in [0.3, 0.4) is 0 Å². The number of hydrogen-bond acceptors (Lipinski definition) is 3. The predicted molar refractivity (Wildman–Crippen MR) is 67.3 cm³/mol. The highest BCUT2D eigenvalue weighted by atomic mass is 16.4. The molecule has 1 aromatic heterocycles. The minimum atomic E-state index is -0.967. The number of aliphatic hydroxyl groups excluding tert-OH is 1. The molecule has 2 N–H and O–H groups in total. The minimum Gasteiger partial charge on any atom is -0.478 e.